The second-order valence-corrected chi connectivity index (χ2v) is 6.50. The second kappa shape index (κ2) is 7.35. The van der Waals surface area contributed by atoms with Gasteiger partial charge in [0.05, 0.1) is 12.4 Å². The molecule has 1 aromatic carbocycles. The van der Waals surface area contributed by atoms with Crippen molar-refractivity contribution < 1.29 is 4.79 Å². The summed E-state index contributed by atoms with van der Waals surface area (Å²) in [5, 5.41) is 3.17. The van der Waals surface area contributed by atoms with Gasteiger partial charge in [0.25, 0.3) is 0 Å². The number of amides is 2. The molecule has 6 heteroatoms. The van der Waals surface area contributed by atoms with Crippen molar-refractivity contribution in [2.45, 2.75) is 12.6 Å². The number of aromatic nitrogens is 2. The molecule has 1 aliphatic heterocycles. The maximum atomic E-state index is 12.5. The van der Waals surface area contributed by atoms with Crippen molar-refractivity contribution in [3.8, 4) is 0 Å². The zero-order chi connectivity index (χ0) is 15.2. The molecule has 1 atom stereocenters. The second-order valence-electron chi connectivity index (χ2n) is 5.27. The Bertz CT molecular complexity index is 581. The van der Waals surface area contributed by atoms with E-state index in [-0.39, 0.29) is 12.1 Å². The van der Waals surface area contributed by atoms with E-state index in [9.17, 15) is 4.79 Å². The number of nitrogens with zero attached hydrogens (tertiary/aromatic N) is 3. The highest BCUT2D eigenvalue weighted by Crippen LogP contribution is 2.16. The lowest BCUT2D eigenvalue weighted by molar-refractivity contribution is 0.197. The maximum Gasteiger partial charge on any atom is 0.317 e. The molecule has 0 bridgehead atoms. The quantitative estimate of drug-likeness (QED) is 0.942. The zero-order valence-electron chi connectivity index (χ0n) is 12.4. The molecule has 1 N–H and O–H groups in total. The topological polar surface area (TPSA) is 50.2 Å². The Balaban J connectivity index is 1.71. The number of hydrogen-bond donors (Lipinski definition) is 1. The van der Waals surface area contributed by atoms with E-state index in [1.165, 1.54) is 0 Å². The molecule has 3 rings (SSSR count). The fourth-order valence-electron chi connectivity index (χ4n) is 2.53. The van der Waals surface area contributed by atoms with Crippen LogP contribution in [0.2, 0.25) is 0 Å². The van der Waals surface area contributed by atoms with E-state index in [2.05, 4.69) is 10.3 Å². The third-order valence-electron chi connectivity index (χ3n) is 3.75. The van der Waals surface area contributed by atoms with Gasteiger partial charge in [-0.05, 0) is 5.56 Å². The van der Waals surface area contributed by atoms with E-state index in [0.29, 0.717) is 6.54 Å². The molecule has 116 valence electrons. The van der Waals surface area contributed by atoms with Crippen LogP contribution in [0.5, 0.6) is 0 Å². The Morgan fingerprint density at radius 2 is 2.05 bits per heavy atom. The summed E-state index contributed by atoms with van der Waals surface area (Å²) in [4.78, 5) is 18.5. The lowest BCUT2D eigenvalue weighted by Crippen LogP contribution is -2.46. The molecule has 0 saturated carbocycles. The minimum atomic E-state index is -0.0579. The summed E-state index contributed by atoms with van der Waals surface area (Å²) >= 11 is 1.90. The summed E-state index contributed by atoms with van der Waals surface area (Å²) < 4.78 is 1.99. The van der Waals surface area contributed by atoms with Crippen molar-refractivity contribution in [1.82, 2.24) is 19.8 Å². The molecule has 1 fully saturated rings. The molecule has 2 amide bonds. The predicted molar refractivity (Wildman–Crippen MR) is 88.8 cm³/mol. The molecule has 2 aromatic rings. The van der Waals surface area contributed by atoms with Gasteiger partial charge in [0.15, 0.2) is 0 Å². The van der Waals surface area contributed by atoms with Gasteiger partial charge >= 0.3 is 6.03 Å². The van der Waals surface area contributed by atoms with E-state index in [1.807, 2.05) is 57.8 Å². The first-order valence-corrected chi connectivity index (χ1v) is 8.62. The summed E-state index contributed by atoms with van der Waals surface area (Å²) in [6.45, 7) is 2.32. The van der Waals surface area contributed by atoms with Gasteiger partial charge in [0.1, 0.15) is 0 Å². The number of carbonyl (C=O) groups is 1. The molecule has 1 aliphatic rings. The smallest absolute Gasteiger partial charge is 0.317 e. The number of nitrogens with one attached hydrogen (secondary N) is 1. The van der Waals surface area contributed by atoms with E-state index in [0.717, 1.165) is 30.2 Å². The van der Waals surface area contributed by atoms with Gasteiger partial charge in [-0.15, -0.1) is 0 Å². The molecule has 1 aromatic heterocycles. The van der Waals surface area contributed by atoms with E-state index in [1.54, 1.807) is 12.5 Å². The summed E-state index contributed by atoms with van der Waals surface area (Å²) in [6, 6.07) is 10.1. The third-order valence-corrected chi connectivity index (χ3v) is 4.69. The standard InChI is InChI=1S/C16H20N4OS/c21-16(20-8-10-22-11-9-20)18-15(12-19-7-6-17-13-19)14-4-2-1-3-5-14/h1-7,13,15H,8-12H2,(H,18,21)/t15-/m0/s1. The van der Waals surface area contributed by atoms with E-state index in [4.69, 9.17) is 0 Å². The first kappa shape index (κ1) is 15.0. The van der Waals surface area contributed by atoms with Crippen LogP contribution in [0.4, 0.5) is 4.79 Å². The summed E-state index contributed by atoms with van der Waals surface area (Å²) in [5.74, 6) is 2.04. The number of benzene rings is 1. The van der Waals surface area contributed by atoms with Crippen molar-refractivity contribution in [2.75, 3.05) is 24.6 Å². The summed E-state index contributed by atoms with van der Waals surface area (Å²) in [6.07, 6.45) is 5.45. The van der Waals surface area contributed by atoms with Crippen LogP contribution in [0.25, 0.3) is 0 Å². The number of carbonyl (C=O) groups excluding carboxylic acids is 1. The van der Waals surface area contributed by atoms with Crippen LogP contribution in [-0.2, 0) is 6.54 Å². The highest BCUT2D eigenvalue weighted by Gasteiger charge is 2.21. The average Bonchev–Trinajstić information content (AvgIpc) is 3.09. The van der Waals surface area contributed by atoms with Crippen molar-refractivity contribution >= 4 is 17.8 Å². The first-order chi connectivity index (χ1) is 10.8. The monoisotopic (exact) mass is 316 g/mol. The van der Waals surface area contributed by atoms with Crippen LogP contribution in [0.3, 0.4) is 0 Å². The molecule has 5 nitrogen and oxygen atoms in total. The maximum absolute atomic E-state index is 12.5. The van der Waals surface area contributed by atoms with Gasteiger partial charge in [0, 0.05) is 43.5 Å². The molecule has 0 spiro atoms. The number of urea groups is 1. The minimum absolute atomic E-state index is 0.0225. The zero-order valence-corrected chi connectivity index (χ0v) is 13.2. The lowest BCUT2D eigenvalue weighted by Gasteiger charge is -2.29. The predicted octanol–water partition coefficient (Wildman–Crippen LogP) is 2.38. The molecular weight excluding hydrogens is 296 g/mol. The molecule has 2 heterocycles. The Labute approximate surface area is 134 Å². The van der Waals surface area contributed by atoms with Crippen LogP contribution in [-0.4, -0.2) is 45.1 Å². The Morgan fingerprint density at radius 3 is 2.73 bits per heavy atom. The fourth-order valence-corrected chi connectivity index (χ4v) is 3.44. The van der Waals surface area contributed by atoms with Crippen molar-refractivity contribution in [3.63, 3.8) is 0 Å². The van der Waals surface area contributed by atoms with Gasteiger partial charge in [0.2, 0.25) is 0 Å². The molecular formula is C16H20N4OS. The Hall–Kier alpha value is -1.95. The number of imidazole rings is 1. The van der Waals surface area contributed by atoms with Crippen molar-refractivity contribution in [2.24, 2.45) is 0 Å². The first-order valence-electron chi connectivity index (χ1n) is 7.47. The van der Waals surface area contributed by atoms with Gasteiger partial charge in [-0.25, -0.2) is 9.78 Å². The van der Waals surface area contributed by atoms with Gasteiger partial charge < -0.3 is 14.8 Å². The van der Waals surface area contributed by atoms with Gasteiger partial charge in [-0.3, -0.25) is 0 Å². The number of thioether (sulfide) groups is 1. The third kappa shape index (κ3) is 3.82. The van der Waals surface area contributed by atoms with E-state index >= 15 is 0 Å². The van der Waals surface area contributed by atoms with Crippen LogP contribution in [0, 0.1) is 0 Å². The molecule has 22 heavy (non-hydrogen) atoms. The molecule has 0 radical (unpaired) electrons. The summed E-state index contributed by atoms with van der Waals surface area (Å²) in [7, 11) is 0. The lowest BCUT2D eigenvalue weighted by atomic mass is 10.1. The summed E-state index contributed by atoms with van der Waals surface area (Å²) in [5.41, 5.74) is 1.11. The van der Waals surface area contributed by atoms with Gasteiger partial charge in [-0.1, -0.05) is 30.3 Å². The van der Waals surface area contributed by atoms with Crippen LogP contribution >= 0.6 is 11.8 Å². The Kier molecular flexibility index (Phi) is 5.00. The van der Waals surface area contributed by atoms with Crippen LogP contribution in [0.1, 0.15) is 11.6 Å². The average molecular weight is 316 g/mol. The number of hydrogen-bond acceptors (Lipinski definition) is 3. The number of rotatable bonds is 4. The highest BCUT2D eigenvalue weighted by molar-refractivity contribution is 7.99. The van der Waals surface area contributed by atoms with Gasteiger partial charge in [-0.2, -0.15) is 11.8 Å². The Morgan fingerprint density at radius 1 is 1.27 bits per heavy atom. The highest BCUT2D eigenvalue weighted by atomic mass is 32.2. The normalized spacial score (nSPS) is 16.3. The van der Waals surface area contributed by atoms with Crippen LogP contribution in [0.15, 0.2) is 49.1 Å². The molecule has 0 unspecified atom stereocenters. The van der Waals surface area contributed by atoms with Crippen molar-refractivity contribution in [1.29, 1.82) is 0 Å². The SMILES string of the molecule is O=C(N[C@@H](Cn1ccnc1)c1ccccc1)N1CCSCC1. The largest absolute Gasteiger partial charge is 0.335 e. The molecule has 0 aliphatic carbocycles. The van der Waals surface area contributed by atoms with Crippen LogP contribution < -0.4 is 5.32 Å². The minimum Gasteiger partial charge on any atom is -0.335 e. The molecule has 1 saturated heterocycles. The van der Waals surface area contributed by atoms with E-state index < -0.39 is 0 Å². The van der Waals surface area contributed by atoms with Crippen molar-refractivity contribution in [3.05, 3.63) is 54.6 Å². The fraction of sp³-hybridized carbons (Fsp3) is 0.375.